The maximum atomic E-state index is 11.9. The number of carbonyl (C=O) groups is 1. The van der Waals surface area contributed by atoms with Gasteiger partial charge in [0.05, 0.1) is 17.7 Å². The smallest absolute Gasteiger partial charge is 0.264 e. The van der Waals surface area contributed by atoms with Crippen LogP contribution in [0.3, 0.4) is 0 Å². The van der Waals surface area contributed by atoms with Gasteiger partial charge < -0.3 is 9.73 Å². The molecule has 0 unspecified atom stereocenters. The van der Waals surface area contributed by atoms with Crippen LogP contribution in [0, 0.1) is 0 Å². The van der Waals surface area contributed by atoms with Gasteiger partial charge in [-0.05, 0) is 35.5 Å². The van der Waals surface area contributed by atoms with Crippen molar-refractivity contribution in [2.75, 3.05) is 0 Å². The van der Waals surface area contributed by atoms with E-state index < -0.39 is 0 Å². The summed E-state index contributed by atoms with van der Waals surface area (Å²) in [5.74, 6) is 0.643. The Bertz CT molecular complexity index is 731. The second-order valence-corrected chi connectivity index (χ2v) is 5.59. The van der Waals surface area contributed by atoms with Gasteiger partial charge in [-0.15, -0.1) is 0 Å². The summed E-state index contributed by atoms with van der Waals surface area (Å²) < 4.78 is 5.21. The fourth-order valence-corrected chi connectivity index (χ4v) is 2.65. The van der Waals surface area contributed by atoms with E-state index in [9.17, 15) is 4.79 Å². The highest BCUT2D eigenvalue weighted by atomic mass is 32.2. The first kappa shape index (κ1) is 14.4. The van der Waals surface area contributed by atoms with Gasteiger partial charge in [-0.25, -0.2) is 0 Å². The average molecular weight is 310 g/mol. The van der Waals surface area contributed by atoms with Gasteiger partial charge in [0, 0.05) is 0 Å². The summed E-state index contributed by atoms with van der Waals surface area (Å²) in [5.41, 5.74) is 1.09. The Kier molecular flexibility index (Phi) is 4.56. The Morgan fingerprint density at radius 1 is 1.18 bits per heavy atom. The van der Waals surface area contributed by atoms with Crippen LogP contribution in [-0.2, 0) is 11.3 Å². The van der Waals surface area contributed by atoms with Crippen molar-refractivity contribution in [2.45, 2.75) is 6.54 Å². The van der Waals surface area contributed by atoms with Crippen LogP contribution in [0.15, 0.2) is 75.2 Å². The third-order valence-corrected chi connectivity index (χ3v) is 3.91. The molecule has 1 amide bonds. The molecule has 1 aromatic carbocycles. The zero-order chi connectivity index (χ0) is 15.2. The Morgan fingerprint density at radius 3 is 2.82 bits per heavy atom. The number of nitrogens with one attached hydrogen (secondary N) is 1. The first-order valence-electron chi connectivity index (χ1n) is 6.81. The van der Waals surface area contributed by atoms with Crippen LogP contribution in [0.1, 0.15) is 11.3 Å². The minimum Gasteiger partial charge on any atom is -0.467 e. The molecule has 0 spiro atoms. The molecule has 4 nitrogen and oxygen atoms in total. The fourth-order valence-electron chi connectivity index (χ4n) is 1.88. The number of amides is 1. The van der Waals surface area contributed by atoms with E-state index in [-0.39, 0.29) is 5.91 Å². The van der Waals surface area contributed by atoms with Gasteiger partial charge in [0.25, 0.3) is 5.91 Å². The highest BCUT2D eigenvalue weighted by Gasteiger charge is 2.22. The molecule has 22 heavy (non-hydrogen) atoms. The number of aliphatic imine (C=N–C) groups is 1. The fraction of sp³-hybridized carbons (Fsp3) is 0.0588. The summed E-state index contributed by atoms with van der Waals surface area (Å²) in [7, 11) is 0. The molecule has 3 rings (SSSR count). The molecule has 110 valence electrons. The minimum absolute atomic E-state index is 0.124. The number of amidine groups is 1. The minimum atomic E-state index is -0.124. The largest absolute Gasteiger partial charge is 0.467 e. The lowest BCUT2D eigenvalue weighted by Gasteiger charge is -1.93. The van der Waals surface area contributed by atoms with Gasteiger partial charge in [-0.1, -0.05) is 42.5 Å². The topological polar surface area (TPSA) is 54.6 Å². The third kappa shape index (κ3) is 3.77. The predicted octanol–water partition coefficient (Wildman–Crippen LogP) is 3.60. The number of allylic oxidation sites excluding steroid dienone is 2. The lowest BCUT2D eigenvalue weighted by Crippen LogP contribution is -2.19. The summed E-state index contributed by atoms with van der Waals surface area (Å²) >= 11 is 1.33. The second kappa shape index (κ2) is 6.95. The van der Waals surface area contributed by atoms with Gasteiger partial charge in [0.1, 0.15) is 5.76 Å². The van der Waals surface area contributed by atoms with Crippen LogP contribution in [0.4, 0.5) is 0 Å². The number of rotatable bonds is 4. The molecule has 1 aromatic heterocycles. The van der Waals surface area contributed by atoms with Crippen LogP contribution in [-0.4, -0.2) is 11.1 Å². The first-order valence-corrected chi connectivity index (χ1v) is 7.62. The Hall–Kier alpha value is -2.53. The van der Waals surface area contributed by atoms with Gasteiger partial charge in [0.15, 0.2) is 5.17 Å². The summed E-state index contributed by atoms with van der Waals surface area (Å²) in [6, 6.07) is 13.6. The van der Waals surface area contributed by atoms with Crippen LogP contribution in [0.5, 0.6) is 0 Å². The Labute approximate surface area is 132 Å². The highest BCUT2D eigenvalue weighted by Crippen LogP contribution is 2.24. The molecule has 5 heteroatoms. The number of carbonyl (C=O) groups excluding carboxylic acids is 1. The van der Waals surface area contributed by atoms with E-state index in [1.807, 2.05) is 54.6 Å². The quantitative estimate of drug-likeness (QED) is 0.878. The lowest BCUT2D eigenvalue weighted by atomic mass is 10.2. The van der Waals surface area contributed by atoms with E-state index in [1.165, 1.54) is 11.8 Å². The molecule has 1 fully saturated rings. The summed E-state index contributed by atoms with van der Waals surface area (Å²) in [6.07, 6.45) is 7.23. The molecule has 1 N–H and O–H groups in total. The van der Waals surface area contributed by atoms with Gasteiger partial charge in [0.2, 0.25) is 0 Å². The van der Waals surface area contributed by atoms with Crippen molar-refractivity contribution >= 4 is 28.9 Å². The molecule has 0 atom stereocenters. The molecule has 0 saturated carbocycles. The zero-order valence-corrected chi connectivity index (χ0v) is 12.5. The standard InChI is InChI=1S/C17H14N2O2S/c20-16-15(10-4-8-13-6-2-1-3-7-13)22-17(19-16)18-12-14-9-5-11-21-14/h1-11H,12H2,(H,18,19,20)/b8-4+,15-10-. The summed E-state index contributed by atoms with van der Waals surface area (Å²) in [5, 5.41) is 3.34. The Balaban J connectivity index is 1.63. The van der Waals surface area contributed by atoms with Gasteiger partial charge in [-0.3, -0.25) is 9.79 Å². The van der Waals surface area contributed by atoms with E-state index in [1.54, 1.807) is 12.3 Å². The van der Waals surface area contributed by atoms with Crippen molar-refractivity contribution in [3.05, 3.63) is 77.1 Å². The molecular formula is C17H14N2O2S. The van der Waals surface area contributed by atoms with Crippen LogP contribution >= 0.6 is 11.8 Å². The Morgan fingerprint density at radius 2 is 2.05 bits per heavy atom. The second-order valence-electron chi connectivity index (χ2n) is 4.56. The molecule has 0 aliphatic carbocycles. The van der Waals surface area contributed by atoms with Crippen molar-refractivity contribution in [3.63, 3.8) is 0 Å². The molecular weight excluding hydrogens is 296 g/mol. The number of furan rings is 1. The molecule has 1 aliphatic heterocycles. The molecule has 1 saturated heterocycles. The van der Waals surface area contributed by atoms with Crippen molar-refractivity contribution in [3.8, 4) is 0 Å². The number of hydrogen-bond donors (Lipinski definition) is 1. The van der Waals surface area contributed by atoms with E-state index in [2.05, 4.69) is 10.3 Å². The third-order valence-electron chi connectivity index (χ3n) is 2.95. The maximum absolute atomic E-state index is 11.9. The number of thioether (sulfide) groups is 1. The maximum Gasteiger partial charge on any atom is 0.264 e. The monoisotopic (exact) mass is 310 g/mol. The number of nitrogens with zero attached hydrogens (tertiary/aromatic N) is 1. The average Bonchev–Trinajstić information content (AvgIpc) is 3.17. The molecule has 1 aliphatic rings. The molecule has 0 bridgehead atoms. The van der Waals surface area contributed by atoms with Crippen molar-refractivity contribution < 1.29 is 9.21 Å². The van der Waals surface area contributed by atoms with Crippen LogP contribution < -0.4 is 5.32 Å². The van der Waals surface area contributed by atoms with Crippen LogP contribution in [0.2, 0.25) is 0 Å². The zero-order valence-electron chi connectivity index (χ0n) is 11.7. The highest BCUT2D eigenvalue weighted by molar-refractivity contribution is 8.18. The lowest BCUT2D eigenvalue weighted by molar-refractivity contribution is -0.115. The van der Waals surface area contributed by atoms with Crippen molar-refractivity contribution in [1.82, 2.24) is 5.32 Å². The van der Waals surface area contributed by atoms with Gasteiger partial charge in [-0.2, -0.15) is 0 Å². The molecule has 0 radical (unpaired) electrons. The van der Waals surface area contributed by atoms with E-state index in [4.69, 9.17) is 4.42 Å². The summed E-state index contributed by atoms with van der Waals surface area (Å²) in [4.78, 5) is 16.8. The normalized spacial score (nSPS) is 18.5. The van der Waals surface area contributed by atoms with E-state index in [0.717, 1.165) is 11.3 Å². The molecule has 2 heterocycles. The SMILES string of the molecule is O=C1NC(=NCc2ccco2)S/C1=C\C=C\c1ccccc1. The first-order chi connectivity index (χ1) is 10.8. The molecule has 2 aromatic rings. The van der Waals surface area contributed by atoms with E-state index >= 15 is 0 Å². The number of benzene rings is 1. The predicted molar refractivity (Wildman–Crippen MR) is 89.1 cm³/mol. The van der Waals surface area contributed by atoms with Crippen molar-refractivity contribution in [1.29, 1.82) is 0 Å². The van der Waals surface area contributed by atoms with Crippen molar-refractivity contribution in [2.24, 2.45) is 4.99 Å². The van der Waals surface area contributed by atoms with Crippen LogP contribution in [0.25, 0.3) is 6.08 Å². The summed E-state index contributed by atoms with van der Waals surface area (Å²) in [6.45, 7) is 0.419. The van der Waals surface area contributed by atoms with Gasteiger partial charge >= 0.3 is 0 Å². The van der Waals surface area contributed by atoms with E-state index in [0.29, 0.717) is 16.6 Å². The number of hydrogen-bond acceptors (Lipinski definition) is 4.